The maximum Gasteiger partial charge on any atom is 0.127 e. The molecule has 0 spiro atoms. The molecule has 0 unspecified atom stereocenters. The fourth-order valence-electron chi connectivity index (χ4n) is 4.52. The van der Waals surface area contributed by atoms with Crippen molar-refractivity contribution in [2.75, 3.05) is 20.2 Å². The highest BCUT2D eigenvalue weighted by molar-refractivity contribution is 6.01. The third-order valence-electron chi connectivity index (χ3n) is 6.18. The molecule has 7 heteroatoms. The van der Waals surface area contributed by atoms with Crippen LogP contribution in [0.25, 0.3) is 49.9 Å². The molecule has 164 valence electrons. The van der Waals surface area contributed by atoms with Gasteiger partial charge in [-0.25, -0.2) is 4.39 Å². The van der Waals surface area contributed by atoms with Crippen molar-refractivity contribution < 1.29 is 9.13 Å². The number of aromatic amines is 2. The second-order valence-corrected chi connectivity index (χ2v) is 8.20. The fraction of sp³-hybridized carbons (Fsp3) is 0.154. The third kappa shape index (κ3) is 3.47. The van der Waals surface area contributed by atoms with Crippen LogP contribution in [0.4, 0.5) is 4.39 Å². The van der Waals surface area contributed by atoms with Crippen molar-refractivity contribution in [3.8, 4) is 28.3 Å². The van der Waals surface area contributed by atoms with Gasteiger partial charge in [0.1, 0.15) is 17.3 Å². The molecule has 0 fully saturated rings. The predicted octanol–water partition coefficient (Wildman–Crippen LogP) is 5.30. The molecule has 6 nitrogen and oxygen atoms in total. The van der Waals surface area contributed by atoms with Crippen LogP contribution < -0.4 is 10.1 Å². The molecule has 6 rings (SSSR count). The Hall–Kier alpha value is -3.97. The molecule has 33 heavy (non-hydrogen) atoms. The number of nitrogens with one attached hydrogen (secondary N) is 3. The molecule has 0 atom stereocenters. The summed E-state index contributed by atoms with van der Waals surface area (Å²) in [4.78, 5) is 8.12. The highest BCUT2D eigenvalue weighted by Gasteiger charge is 2.16. The van der Waals surface area contributed by atoms with E-state index in [1.807, 2.05) is 30.5 Å². The largest absolute Gasteiger partial charge is 0.497 e. The number of pyridine rings is 1. The number of hydrogen-bond acceptors (Lipinski definition) is 4. The highest BCUT2D eigenvalue weighted by atomic mass is 19.1. The van der Waals surface area contributed by atoms with Crippen molar-refractivity contribution in [3.05, 3.63) is 72.3 Å². The second-order valence-electron chi connectivity index (χ2n) is 8.20. The summed E-state index contributed by atoms with van der Waals surface area (Å²) < 4.78 is 19.4. The Morgan fingerprint density at radius 3 is 2.82 bits per heavy atom. The van der Waals surface area contributed by atoms with Gasteiger partial charge in [0.25, 0.3) is 0 Å². The first-order valence-electron chi connectivity index (χ1n) is 10.9. The molecule has 0 saturated heterocycles. The van der Waals surface area contributed by atoms with Gasteiger partial charge in [0, 0.05) is 28.9 Å². The van der Waals surface area contributed by atoms with Crippen LogP contribution in [0.5, 0.6) is 5.75 Å². The monoisotopic (exact) mass is 439 g/mol. The van der Waals surface area contributed by atoms with E-state index in [0.29, 0.717) is 5.75 Å². The molecule has 0 bridgehead atoms. The van der Waals surface area contributed by atoms with Crippen LogP contribution in [0.1, 0.15) is 12.1 Å². The minimum absolute atomic E-state index is 0.331. The molecular formula is C26H22FN5O. The first-order valence-corrected chi connectivity index (χ1v) is 10.9. The second kappa shape index (κ2) is 7.86. The number of hydrogen-bond donors (Lipinski definition) is 3. The predicted molar refractivity (Wildman–Crippen MR) is 129 cm³/mol. The summed E-state index contributed by atoms with van der Waals surface area (Å²) in [5.74, 6) is 0.158. The van der Waals surface area contributed by atoms with E-state index in [4.69, 9.17) is 4.74 Å². The van der Waals surface area contributed by atoms with Crippen molar-refractivity contribution in [2.24, 2.45) is 0 Å². The van der Waals surface area contributed by atoms with Gasteiger partial charge in [-0.15, -0.1) is 0 Å². The van der Waals surface area contributed by atoms with E-state index in [9.17, 15) is 4.39 Å². The minimum atomic E-state index is -0.331. The van der Waals surface area contributed by atoms with Gasteiger partial charge < -0.3 is 15.0 Å². The van der Waals surface area contributed by atoms with Crippen LogP contribution >= 0.6 is 0 Å². The summed E-state index contributed by atoms with van der Waals surface area (Å²) in [6, 6.07) is 14.9. The van der Waals surface area contributed by atoms with Crippen molar-refractivity contribution in [1.29, 1.82) is 0 Å². The van der Waals surface area contributed by atoms with Crippen molar-refractivity contribution >= 4 is 27.4 Å². The fourth-order valence-corrected chi connectivity index (χ4v) is 4.52. The number of halogens is 1. The number of rotatable bonds is 4. The highest BCUT2D eigenvalue weighted by Crippen LogP contribution is 2.36. The van der Waals surface area contributed by atoms with Gasteiger partial charge in [-0.05, 0) is 60.0 Å². The van der Waals surface area contributed by atoms with E-state index in [1.54, 1.807) is 7.11 Å². The van der Waals surface area contributed by atoms with Crippen LogP contribution in [0, 0.1) is 5.82 Å². The Balaban J connectivity index is 1.48. The van der Waals surface area contributed by atoms with Crippen molar-refractivity contribution in [2.45, 2.75) is 6.42 Å². The number of methoxy groups -OCH3 is 1. The molecule has 0 radical (unpaired) electrons. The molecule has 4 heterocycles. The van der Waals surface area contributed by atoms with E-state index >= 15 is 0 Å². The van der Waals surface area contributed by atoms with Gasteiger partial charge in [0.15, 0.2) is 0 Å². The number of nitrogens with zero attached hydrogens (tertiary/aromatic N) is 2. The Bertz CT molecular complexity index is 1530. The topological polar surface area (TPSA) is 78.6 Å². The maximum absolute atomic E-state index is 14.2. The van der Waals surface area contributed by atoms with Gasteiger partial charge in [-0.1, -0.05) is 18.2 Å². The smallest absolute Gasteiger partial charge is 0.127 e. The lowest BCUT2D eigenvalue weighted by molar-refractivity contribution is 0.411. The molecule has 3 aromatic heterocycles. The summed E-state index contributed by atoms with van der Waals surface area (Å²) in [6.45, 7) is 1.82. The van der Waals surface area contributed by atoms with Gasteiger partial charge in [-0.2, -0.15) is 5.10 Å². The lowest BCUT2D eigenvalue weighted by atomic mass is 10.0. The summed E-state index contributed by atoms with van der Waals surface area (Å²) in [5.41, 5.74) is 7.49. The summed E-state index contributed by atoms with van der Waals surface area (Å²) >= 11 is 0. The maximum atomic E-state index is 14.2. The average molecular weight is 439 g/mol. The molecular weight excluding hydrogens is 417 g/mol. The summed E-state index contributed by atoms with van der Waals surface area (Å²) in [6.07, 6.45) is 5.00. The van der Waals surface area contributed by atoms with Crippen LogP contribution in [0.2, 0.25) is 0 Å². The van der Waals surface area contributed by atoms with Crippen LogP contribution in [-0.4, -0.2) is 40.4 Å². The van der Waals surface area contributed by atoms with E-state index in [1.165, 1.54) is 17.7 Å². The number of benzene rings is 2. The number of H-pyrrole nitrogens is 2. The zero-order chi connectivity index (χ0) is 22.4. The zero-order valence-corrected chi connectivity index (χ0v) is 18.1. The minimum Gasteiger partial charge on any atom is -0.497 e. The lowest BCUT2D eigenvalue weighted by Crippen LogP contribution is -2.20. The lowest BCUT2D eigenvalue weighted by Gasteiger charge is -2.13. The average Bonchev–Trinajstić information content (AvgIpc) is 3.47. The first-order chi connectivity index (χ1) is 16.2. The first kappa shape index (κ1) is 19.7. The third-order valence-corrected chi connectivity index (χ3v) is 6.18. The molecule has 0 saturated carbocycles. The van der Waals surface area contributed by atoms with E-state index < -0.39 is 0 Å². The van der Waals surface area contributed by atoms with Crippen LogP contribution in [-0.2, 0) is 0 Å². The van der Waals surface area contributed by atoms with Crippen molar-refractivity contribution in [3.63, 3.8) is 0 Å². The van der Waals surface area contributed by atoms with Gasteiger partial charge in [0.05, 0.1) is 30.2 Å². The SMILES string of the molecule is COc1cc(F)cc(-c2cccc3[nH]c(-c4n[nH]c5cnc(C6=CCNCC6)cc45)cc23)c1. The van der Waals surface area contributed by atoms with Gasteiger partial charge in [-0.3, -0.25) is 10.1 Å². The molecule has 1 aliphatic rings. The van der Waals surface area contributed by atoms with Crippen LogP contribution in [0.15, 0.2) is 60.8 Å². The Kier molecular flexibility index (Phi) is 4.69. The molecule has 1 aliphatic heterocycles. The van der Waals surface area contributed by atoms with Crippen LogP contribution in [0.3, 0.4) is 0 Å². The quantitative estimate of drug-likeness (QED) is 0.355. The number of aromatic nitrogens is 4. The van der Waals surface area contributed by atoms with E-state index in [0.717, 1.165) is 69.5 Å². The normalized spacial score (nSPS) is 14.1. The molecule has 3 N–H and O–H groups in total. The van der Waals surface area contributed by atoms with E-state index in [2.05, 4.69) is 43.7 Å². The Labute approximate surface area is 189 Å². The Morgan fingerprint density at radius 2 is 1.97 bits per heavy atom. The molecule has 0 aliphatic carbocycles. The standard InChI is InChI=1S/C26H22FN5O/c1-33-18-10-16(9-17(27)11-18)19-3-2-4-22-20(19)12-24(30-22)26-21-13-23(15-5-7-28-8-6-15)29-14-25(21)31-32-26/h2-5,9-14,28,30H,6-8H2,1H3,(H,31,32). The zero-order valence-electron chi connectivity index (χ0n) is 18.1. The summed E-state index contributed by atoms with van der Waals surface area (Å²) in [5, 5.41) is 13.0. The van der Waals surface area contributed by atoms with Gasteiger partial charge >= 0.3 is 0 Å². The number of ether oxygens (including phenoxy) is 1. The molecule has 0 amide bonds. The van der Waals surface area contributed by atoms with Gasteiger partial charge in [0.2, 0.25) is 0 Å². The molecule has 2 aromatic carbocycles. The number of fused-ring (bicyclic) bond motifs is 2. The van der Waals surface area contributed by atoms with E-state index in [-0.39, 0.29) is 5.82 Å². The molecule has 5 aromatic rings. The Morgan fingerprint density at radius 1 is 1.03 bits per heavy atom. The summed E-state index contributed by atoms with van der Waals surface area (Å²) in [7, 11) is 1.54. The van der Waals surface area contributed by atoms with Crippen molar-refractivity contribution in [1.82, 2.24) is 25.5 Å².